The van der Waals surface area contributed by atoms with Crippen LogP contribution in [0.15, 0.2) is 48.5 Å². The first kappa shape index (κ1) is 17.3. The zero-order chi connectivity index (χ0) is 19.1. The van der Waals surface area contributed by atoms with Crippen LogP contribution in [-0.2, 0) is 22.6 Å². The molecule has 2 atom stereocenters. The van der Waals surface area contributed by atoms with Crippen LogP contribution in [0.1, 0.15) is 31.1 Å². The molecule has 1 saturated heterocycles. The molecule has 2 aliphatic rings. The van der Waals surface area contributed by atoms with Gasteiger partial charge in [-0.25, -0.2) is 4.68 Å². The molecule has 7 heteroatoms. The highest BCUT2D eigenvalue weighted by atomic mass is 16.6. The van der Waals surface area contributed by atoms with Crippen molar-refractivity contribution >= 4 is 0 Å². The lowest BCUT2D eigenvalue weighted by Crippen LogP contribution is -2.37. The smallest absolute Gasteiger partial charge is 0.182 e. The summed E-state index contributed by atoms with van der Waals surface area (Å²) in [5, 5.41) is 12.2. The zero-order valence-electron chi connectivity index (χ0n) is 15.9. The summed E-state index contributed by atoms with van der Waals surface area (Å²) >= 11 is 0. The summed E-state index contributed by atoms with van der Waals surface area (Å²) in [6, 6.07) is 16.1. The summed E-state index contributed by atoms with van der Waals surface area (Å²) in [4.78, 5) is 0. The maximum absolute atomic E-state index is 6.09. The van der Waals surface area contributed by atoms with E-state index in [2.05, 4.69) is 35.4 Å². The lowest BCUT2D eigenvalue weighted by atomic mass is 9.93. The van der Waals surface area contributed by atoms with Crippen LogP contribution in [-0.4, -0.2) is 38.5 Å². The van der Waals surface area contributed by atoms with Gasteiger partial charge in [0.1, 0.15) is 23.6 Å². The Morgan fingerprint density at radius 1 is 1.14 bits per heavy atom. The van der Waals surface area contributed by atoms with Gasteiger partial charge >= 0.3 is 0 Å². The Morgan fingerprint density at radius 2 is 2.00 bits per heavy atom. The normalized spacial score (nSPS) is 21.5. The maximum Gasteiger partial charge on any atom is 0.182 e. The minimum Gasteiger partial charge on any atom is -0.485 e. The third-order valence-electron chi connectivity index (χ3n) is 5.22. The number of fused-ring (bicyclic) bond motifs is 3. The molecule has 7 nitrogen and oxygen atoms in total. The third-order valence-corrected chi connectivity index (χ3v) is 5.22. The van der Waals surface area contributed by atoms with Crippen molar-refractivity contribution < 1.29 is 14.2 Å². The molecule has 1 fully saturated rings. The van der Waals surface area contributed by atoms with Gasteiger partial charge in [-0.1, -0.05) is 30.3 Å². The molecule has 5 rings (SSSR count). The van der Waals surface area contributed by atoms with Crippen LogP contribution >= 0.6 is 0 Å². The van der Waals surface area contributed by atoms with Crippen molar-refractivity contribution in [2.45, 2.75) is 44.8 Å². The van der Waals surface area contributed by atoms with E-state index in [1.165, 1.54) is 0 Å². The minimum absolute atomic E-state index is 0.0947. The van der Waals surface area contributed by atoms with Crippen molar-refractivity contribution in [3.05, 3.63) is 59.7 Å². The average Bonchev–Trinajstić information content (AvgIpc) is 3.39. The van der Waals surface area contributed by atoms with E-state index in [4.69, 9.17) is 14.2 Å². The number of tetrazole rings is 1. The minimum atomic E-state index is -0.295. The summed E-state index contributed by atoms with van der Waals surface area (Å²) < 4.78 is 19.5. The van der Waals surface area contributed by atoms with Gasteiger partial charge < -0.3 is 14.2 Å². The Kier molecular flexibility index (Phi) is 4.14. The molecule has 0 bridgehead atoms. The number of ether oxygens (including phenoxy) is 3. The number of epoxide rings is 1. The summed E-state index contributed by atoms with van der Waals surface area (Å²) in [6.07, 6.45) is 0.204. The van der Waals surface area contributed by atoms with E-state index in [-0.39, 0.29) is 17.8 Å². The molecule has 0 spiro atoms. The fraction of sp³-hybridized carbons (Fsp3) is 0.381. The second-order valence-electron chi connectivity index (χ2n) is 7.70. The molecule has 0 radical (unpaired) electrons. The van der Waals surface area contributed by atoms with Gasteiger partial charge in [0.15, 0.2) is 5.82 Å². The Bertz CT molecular complexity index is 986. The molecule has 0 aliphatic carbocycles. The van der Waals surface area contributed by atoms with E-state index in [1.54, 1.807) is 4.68 Å². The molecule has 0 saturated carbocycles. The quantitative estimate of drug-likeness (QED) is 0.484. The van der Waals surface area contributed by atoms with Crippen LogP contribution in [0, 0.1) is 0 Å². The van der Waals surface area contributed by atoms with Crippen molar-refractivity contribution in [1.29, 1.82) is 0 Å². The van der Waals surface area contributed by atoms with E-state index in [9.17, 15) is 0 Å². The van der Waals surface area contributed by atoms with Crippen molar-refractivity contribution in [3.8, 4) is 17.1 Å². The van der Waals surface area contributed by atoms with E-state index in [0.717, 1.165) is 22.4 Å². The monoisotopic (exact) mass is 378 g/mol. The lowest BCUT2D eigenvalue weighted by Gasteiger charge is -2.29. The Labute approximate surface area is 163 Å². The van der Waals surface area contributed by atoms with Crippen LogP contribution in [0.3, 0.4) is 0 Å². The maximum atomic E-state index is 6.09. The summed E-state index contributed by atoms with van der Waals surface area (Å²) in [5.41, 5.74) is 2.87. The highest BCUT2D eigenvalue weighted by molar-refractivity contribution is 5.60. The summed E-state index contributed by atoms with van der Waals surface area (Å²) in [7, 11) is 0. The first-order chi connectivity index (χ1) is 13.6. The van der Waals surface area contributed by atoms with Crippen LogP contribution in [0.4, 0.5) is 0 Å². The number of nitrogens with zero attached hydrogens (tertiary/aromatic N) is 4. The molecule has 2 aliphatic heterocycles. The highest BCUT2D eigenvalue weighted by Gasteiger charge is 2.56. The Morgan fingerprint density at radius 3 is 2.86 bits per heavy atom. The third kappa shape index (κ3) is 3.16. The van der Waals surface area contributed by atoms with Gasteiger partial charge in [-0.2, -0.15) is 0 Å². The van der Waals surface area contributed by atoms with Crippen LogP contribution in [0.2, 0.25) is 0 Å². The zero-order valence-corrected chi connectivity index (χ0v) is 15.9. The predicted molar refractivity (Wildman–Crippen MR) is 102 cm³/mol. The van der Waals surface area contributed by atoms with Gasteiger partial charge in [-0.15, -0.1) is 5.10 Å². The van der Waals surface area contributed by atoms with E-state index < -0.39 is 0 Å². The molecule has 3 heterocycles. The van der Waals surface area contributed by atoms with Crippen molar-refractivity contribution in [3.63, 3.8) is 0 Å². The first-order valence-electron chi connectivity index (χ1n) is 9.48. The number of benzene rings is 2. The molecule has 0 N–H and O–H groups in total. The SMILES string of the molecule is CC1(C)Oc2ccc(-c3nnnn3CCOCc3ccccc3)cc2[C@@H]2O[C@@H]21. The van der Waals surface area contributed by atoms with E-state index >= 15 is 0 Å². The fourth-order valence-corrected chi connectivity index (χ4v) is 3.70. The van der Waals surface area contributed by atoms with Crippen molar-refractivity contribution in [1.82, 2.24) is 20.2 Å². The van der Waals surface area contributed by atoms with E-state index in [0.29, 0.717) is 25.6 Å². The summed E-state index contributed by atoms with van der Waals surface area (Å²) in [6.45, 7) is 5.81. The topological polar surface area (TPSA) is 74.6 Å². The molecular weight excluding hydrogens is 356 g/mol. The second-order valence-corrected chi connectivity index (χ2v) is 7.70. The van der Waals surface area contributed by atoms with Gasteiger partial charge in [0.25, 0.3) is 0 Å². The lowest BCUT2D eigenvalue weighted by molar-refractivity contribution is 0.0725. The Balaban J connectivity index is 1.28. The van der Waals surface area contributed by atoms with Crippen LogP contribution in [0.5, 0.6) is 5.75 Å². The molecule has 28 heavy (non-hydrogen) atoms. The molecular formula is C21H22N4O3. The number of hydrogen-bond donors (Lipinski definition) is 0. The predicted octanol–water partition coefficient (Wildman–Crippen LogP) is 3.17. The molecule has 0 unspecified atom stereocenters. The van der Waals surface area contributed by atoms with Gasteiger partial charge in [-0.05, 0) is 48.0 Å². The molecule has 1 aromatic heterocycles. The van der Waals surface area contributed by atoms with Crippen molar-refractivity contribution in [2.24, 2.45) is 0 Å². The van der Waals surface area contributed by atoms with Gasteiger partial charge in [0.05, 0.1) is 19.8 Å². The summed E-state index contributed by atoms with van der Waals surface area (Å²) in [5.74, 6) is 1.59. The number of hydrogen-bond acceptors (Lipinski definition) is 6. The fourth-order valence-electron chi connectivity index (χ4n) is 3.70. The van der Waals surface area contributed by atoms with E-state index in [1.807, 2.05) is 42.5 Å². The number of aromatic nitrogens is 4. The molecule has 2 aromatic carbocycles. The van der Waals surface area contributed by atoms with Gasteiger partial charge in [0.2, 0.25) is 0 Å². The molecule has 144 valence electrons. The van der Waals surface area contributed by atoms with Crippen LogP contribution < -0.4 is 4.74 Å². The highest BCUT2D eigenvalue weighted by Crippen LogP contribution is 2.54. The Hall–Kier alpha value is -2.77. The molecule has 0 amide bonds. The second kappa shape index (κ2) is 6.68. The first-order valence-corrected chi connectivity index (χ1v) is 9.48. The van der Waals surface area contributed by atoms with Crippen LogP contribution in [0.25, 0.3) is 11.4 Å². The number of rotatable bonds is 6. The molecule has 3 aromatic rings. The van der Waals surface area contributed by atoms with Gasteiger partial charge in [-0.3, -0.25) is 0 Å². The average molecular weight is 378 g/mol. The van der Waals surface area contributed by atoms with Crippen molar-refractivity contribution in [2.75, 3.05) is 6.61 Å². The largest absolute Gasteiger partial charge is 0.485 e. The van der Waals surface area contributed by atoms with Gasteiger partial charge in [0, 0.05) is 11.1 Å². The standard InChI is InChI=1S/C21H22N4O3/c1-21(2)19-18(27-19)16-12-15(8-9-17(16)28-21)20-22-23-24-25(20)10-11-26-13-14-6-4-3-5-7-14/h3-9,12,18-19H,10-11,13H2,1-2H3/t18-,19-/m0/s1.